The molecule has 2 heterocycles. The van der Waals surface area contributed by atoms with E-state index in [-0.39, 0.29) is 5.88 Å². The van der Waals surface area contributed by atoms with Crippen LogP contribution in [0.3, 0.4) is 0 Å². The first-order valence-corrected chi connectivity index (χ1v) is 3.19. The zero-order valence-corrected chi connectivity index (χ0v) is 5.94. The summed E-state index contributed by atoms with van der Waals surface area (Å²) in [5.41, 5.74) is 1.46. The average molecular weight is 148 g/mol. The summed E-state index contributed by atoms with van der Waals surface area (Å²) >= 11 is 0. The Labute approximate surface area is 63.1 Å². The first-order chi connectivity index (χ1) is 5.27. The van der Waals surface area contributed by atoms with E-state index >= 15 is 0 Å². The third kappa shape index (κ3) is 0.832. The lowest BCUT2D eigenvalue weighted by atomic mass is 10.5. The number of aromatic hydroxyl groups is 1. The fraction of sp³-hybridized carbons (Fsp3) is 0.143. The summed E-state index contributed by atoms with van der Waals surface area (Å²) in [6.07, 6.45) is 1.42. The predicted octanol–water partition coefficient (Wildman–Crippen LogP) is 0.544. The van der Waals surface area contributed by atoms with Gasteiger partial charge in [0.2, 0.25) is 5.88 Å². The van der Waals surface area contributed by atoms with Crippen molar-refractivity contribution in [2.75, 3.05) is 0 Å². The standard InChI is InChI=1S/C7H6N3O/c1-5-4-6-8-3-2-7(11)10(6)9-5/h3-4,11H,1H3. The van der Waals surface area contributed by atoms with Crippen molar-refractivity contribution in [1.82, 2.24) is 14.6 Å². The molecular weight excluding hydrogens is 142 g/mol. The van der Waals surface area contributed by atoms with Crippen molar-refractivity contribution in [2.24, 2.45) is 0 Å². The fourth-order valence-electron chi connectivity index (χ4n) is 0.951. The lowest BCUT2D eigenvalue weighted by Gasteiger charge is -1.92. The lowest BCUT2D eigenvalue weighted by molar-refractivity contribution is 0.433. The van der Waals surface area contributed by atoms with E-state index in [2.05, 4.69) is 16.1 Å². The van der Waals surface area contributed by atoms with E-state index in [4.69, 9.17) is 0 Å². The molecule has 0 bridgehead atoms. The van der Waals surface area contributed by atoms with Gasteiger partial charge in [-0.2, -0.15) is 9.61 Å². The summed E-state index contributed by atoms with van der Waals surface area (Å²) < 4.78 is 1.34. The molecule has 0 saturated carbocycles. The van der Waals surface area contributed by atoms with E-state index in [1.165, 1.54) is 10.7 Å². The molecule has 4 heteroatoms. The lowest BCUT2D eigenvalue weighted by Crippen LogP contribution is -1.89. The Morgan fingerprint density at radius 1 is 1.64 bits per heavy atom. The summed E-state index contributed by atoms with van der Waals surface area (Å²) in [6, 6.07) is 4.32. The molecule has 0 aliphatic heterocycles. The Balaban J connectivity index is 2.90. The third-order valence-corrected chi connectivity index (χ3v) is 1.40. The van der Waals surface area contributed by atoms with E-state index in [1.54, 1.807) is 6.07 Å². The smallest absolute Gasteiger partial charge is 0.223 e. The second-order valence-electron chi connectivity index (χ2n) is 2.28. The molecule has 0 aliphatic rings. The molecular formula is C7H6N3O. The van der Waals surface area contributed by atoms with Gasteiger partial charge in [0.05, 0.1) is 11.8 Å². The molecule has 1 N–H and O–H groups in total. The van der Waals surface area contributed by atoms with E-state index in [9.17, 15) is 5.11 Å². The summed E-state index contributed by atoms with van der Waals surface area (Å²) in [5.74, 6) is -0.0110. The van der Waals surface area contributed by atoms with Gasteiger partial charge in [0, 0.05) is 12.3 Å². The van der Waals surface area contributed by atoms with Crippen LogP contribution < -0.4 is 0 Å². The van der Waals surface area contributed by atoms with E-state index in [0.717, 1.165) is 5.69 Å². The molecule has 0 unspecified atom stereocenters. The minimum Gasteiger partial charge on any atom is -0.493 e. The van der Waals surface area contributed by atoms with E-state index in [1.807, 2.05) is 6.92 Å². The number of fused-ring (bicyclic) bond motifs is 1. The quantitative estimate of drug-likeness (QED) is 0.593. The van der Waals surface area contributed by atoms with Crippen molar-refractivity contribution in [3.63, 3.8) is 0 Å². The van der Waals surface area contributed by atoms with Crippen molar-refractivity contribution >= 4 is 5.65 Å². The molecule has 0 saturated heterocycles. The van der Waals surface area contributed by atoms with Gasteiger partial charge in [-0.15, -0.1) is 0 Å². The van der Waals surface area contributed by atoms with Gasteiger partial charge in [-0.1, -0.05) is 0 Å². The number of rotatable bonds is 0. The predicted molar refractivity (Wildman–Crippen MR) is 38.2 cm³/mol. The maximum atomic E-state index is 9.19. The maximum absolute atomic E-state index is 9.19. The van der Waals surface area contributed by atoms with Crippen molar-refractivity contribution in [3.8, 4) is 5.88 Å². The van der Waals surface area contributed by atoms with Crippen LogP contribution in [0, 0.1) is 13.0 Å². The average Bonchev–Trinajstić information content (AvgIpc) is 2.31. The third-order valence-electron chi connectivity index (χ3n) is 1.40. The van der Waals surface area contributed by atoms with Gasteiger partial charge in [0.15, 0.2) is 5.65 Å². The molecule has 2 aromatic heterocycles. The molecule has 0 atom stereocenters. The first kappa shape index (κ1) is 6.15. The van der Waals surface area contributed by atoms with Gasteiger partial charge >= 0.3 is 0 Å². The van der Waals surface area contributed by atoms with Crippen LogP contribution in [-0.2, 0) is 0 Å². The summed E-state index contributed by atoms with van der Waals surface area (Å²) in [6.45, 7) is 1.84. The van der Waals surface area contributed by atoms with Crippen molar-refractivity contribution in [3.05, 3.63) is 24.0 Å². The minimum absolute atomic E-state index is 0.0110. The van der Waals surface area contributed by atoms with Crippen LogP contribution in [0.4, 0.5) is 0 Å². The number of hydrogen-bond donors (Lipinski definition) is 1. The molecule has 0 aromatic carbocycles. The van der Waals surface area contributed by atoms with Crippen LogP contribution in [0.1, 0.15) is 5.69 Å². The Bertz CT molecular complexity index is 393. The van der Waals surface area contributed by atoms with Crippen LogP contribution in [0.25, 0.3) is 5.65 Å². The number of nitrogens with zero attached hydrogens (tertiary/aromatic N) is 3. The van der Waals surface area contributed by atoms with Crippen LogP contribution in [0.5, 0.6) is 5.88 Å². The molecule has 55 valence electrons. The molecule has 0 aliphatic carbocycles. The maximum Gasteiger partial charge on any atom is 0.223 e. The summed E-state index contributed by atoms with van der Waals surface area (Å²) in [7, 11) is 0. The van der Waals surface area contributed by atoms with Gasteiger partial charge in [0.1, 0.15) is 0 Å². The highest BCUT2D eigenvalue weighted by molar-refractivity contribution is 5.40. The van der Waals surface area contributed by atoms with Crippen molar-refractivity contribution in [1.29, 1.82) is 0 Å². The van der Waals surface area contributed by atoms with Crippen molar-refractivity contribution < 1.29 is 5.11 Å². The minimum atomic E-state index is -0.0110. The van der Waals surface area contributed by atoms with Crippen LogP contribution in [0.15, 0.2) is 12.3 Å². The second kappa shape index (κ2) is 1.95. The number of hydrogen-bond acceptors (Lipinski definition) is 3. The molecule has 2 rings (SSSR count). The Morgan fingerprint density at radius 2 is 2.45 bits per heavy atom. The van der Waals surface area contributed by atoms with Crippen molar-refractivity contribution in [2.45, 2.75) is 6.92 Å². The van der Waals surface area contributed by atoms with E-state index in [0.29, 0.717) is 5.65 Å². The zero-order chi connectivity index (χ0) is 7.84. The zero-order valence-electron chi connectivity index (χ0n) is 5.94. The molecule has 4 nitrogen and oxygen atoms in total. The summed E-state index contributed by atoms with van der Waals surface area (Å²) in [4.78, 5) is 3.95. The van der Waals surface area contributed by atoms with Crippen LogP contribution >= 0.6 is 0 Å². The molecule has 0 fully saturated rings. The molecule has 0 spiro atoms. The molecule has 11 heavy (non-hydrogen) atoms. The number of aryl methyl sites for hydroxylation is 1. The summed E-state index contributed by atoms with van der Waals surface area (Å²) in [5, 5.41) is 13.2. The van der Waals surface area contributed by atoms with Gasteiger partial charge in [0.25, 0.3) is 0 Å². The SMILES string of the molecule is Cc1cc2nc[c]c(O)n2n1. The van der Waals surface area contributed by atoms with Crippen LogP contribution in [-0.4, -0.2) is 19.7 Å². The topological polar surface area (TPSA) is 50.4 Å². The highest BCUT2D eigenvalue weighted by Crippen LogP contribution is 2.09. The second-order valence-corrected chi connectivity index (χ2v) is 2.28. The van der Waals surface area contributed by atoms with Gasteiger partial charge < -0.3 is 5.11 Å². The fourth-order valence-corrected chi connectivity index (χ4v) is 0.951. The number of aromatic nitrogens is 3. The molecule has 2 aromatic rings. The van der Waals surface area contributed by atoms with E-state index < -0.39 is 0 Å². The molecule has 0 amide bonds. The Kier molecular flexibility index (Phi) is 1.09. The Hall–Kier alpha value is -1.58. The first-order valence-electron chi connectivity index (χ1n) is 3.19. The monoisotopic (exact) mass is 148 g/mol. The highest BCUT2D eigenvalue weighted by Gasteiger charge is 2.00. The largest absolute Gasteiger partial charge is 0.493 e. The van der Waals surface area contributed by atoms with Crippen LogP contribution in [0.2, 0.25) is 0 Å². The van der Waals surface area contributed by atoms with Gasteiger partial charge in [-0.05, 0) is 6.92 Å². The Morgan fingerprint density at radius 3 is 3.18 bits per heavy atom. The van der Waals surface area contributed by atoms with Gasteiger partial charge in [-0.25, -0.2) is 4.98 Å². The molecule has 1 radical (unpaired) electrons. The highest BCUT2D eigenvalue weighted by atomic mass is 16.3. The normalized spacial score (nSPS) is 10.6. The van der Waals surface area contributed by atoms with Gasteiger partial charge in [-0.3, -0.25) is 0 Å².